The van der Waals surface area contributed by atoms with Crippen molar-refractivity contribution >= 4 is 6.85 Å². The molecule has 0 saturated carbocycles. The number of allylic oxidation sites excluding steroid dienone is 4. The van der Waals surface area contributed by atoms with Crippen LogP contribution in [0.15, 0.2) is 36.3 Å². The molecule has 10 heavy (non-hydrogen) atoms. The Morgan fingerprint density at radius 2 is 1.40 bits per heavy atom. The zero-order chi connectivity index (χ0) is 7.40. The van der Waals surface area contributed by atoms with E-state index in [1.165, 1.54) is 0 Å². The van der Waals surface area contributed by atoms with E-state index < -0.39 is 0 Å². The van der Waals surface area contributed by atoms with E-state index in [2.05, 4.69) is 43.0 Å². The molecule has 1 heterocycles. The van der Waals surface area contributed by atoms with Crippen LogP contribution in [0, 0.1) is 0 Å². The summed E-state index contributed by atoms with van der Waals surface area (Å²) in [6.07, 6.45) is 8.23. The van der Waals surface area contributed by atoms with Crippen molar-refractivity contribution in [3.05, 3.63) is 36.3 Å². The monoisotopic (exact) mass is 133 g/mol. The van der Waals surface area contributed by atoms with Gasteiger partial charge in [-0.1, -0.05) is 36.3 Å². The largest absolute Gasteiger partial charge is 0.340 e. The van der Waals surface area contributed by atoms with Gasteiger partial charge in [0, 0.05) is 0 Å². The average Bonchev–Trinajstić information content (AvgIpc) is 2.12. The Kier molecular flexibility index (Phi) is 2.52. The standard InChI is InChI=1S/C8H12BN/c1-10(2)9-7-5-3-4-6-8-9/h3-8H,1-2H3. The van der Waals surface area contributed by atoms with Gasteiger partial charge in [-0.05, 0) is 14.1 Å². The molecule has 1 aliphatic rings. The van der Waals surface area contributed by atoms with Crippen LogP contribution in [0.4, 0.5) is 0 Å². The Labute approximate surface area is 62.8 Å². The number of hydrogen-bond donors (Lipinski definition) is 0. The van der Waals surface area contributed by atoms with Crippen LogP contribution in [0.5, 0.6) is 0 Å². The third-order valence-corrected chi connectivity index (χ3v) is 1.55. The maximum Gasteiger partial charge on any atom is 0.276 e. The molecule has 0 radical (unpaired) electrons. The molecule has 0 atom stereocenters. The fourth-order valence-corrected chi connectivity index (χ4v) is 0.893. The van der Waals surface area contributed by atoms with Gasteiger partial charge in [0.15, 0.2) is 0 Å². The molecule has 52 valence electrons. The first-order valence-corrected chi connectivity index (χ1v) is 3.49. The molecule has 0 N–H and O–H groups in total. The van der Waals surface area contributed by atoms with Crippen LogP contribution >= 0.6 is 0 Å². The minimum Gasteiger partial charge on any atom is -0.340 e. The summed E-state index contributed by atoms with van der Waals surface area (Å²) in [5.41, 5.74) is 0. The lowest BCUT2D eigenvalue weighted by molar-refractivity contribution is 0.656. The maximum absolute atomic E-state index is 2.17. The molecule has 1 aliphatic heterocycles. The third kappa shape index (κ3) is 1.88. The smallest absolute Gasteiger partial charge is 0.276 e. The Morgan fingerprint density at radius 3 is 1.80 bits per heavy atom. The van der Waals surface area contributed by atoms with Crippen molar-refractivity contribution in [1.82, 2.24) is 4.81 Å². The lowest BCUT2D eigenvalue weighted by Gasteiger charge is -2.11. The molecule has 0 aromatic heterocycles. The summed E-state index contributed by atoms with van der Waals surface area (Å²) in [6.45, 7) is 0.454. The number of rotatable bonds is 1. The Balaban J connectivity index is 2.63. The molecule has 0 fully saturated rings. The lowest BCUT2D eigenvalue weighted by Crippen LogP contribution is -2.28. The highest BCUT2D eigenvalue weighted by atomic mass is 15.0. The van der Waals surface area contributed by atoms with Crippen LogP contribution in [0.25, 0.3) is 0 Å². The molecule has 0 amide bonds. The third-order valence-electron chi connectivity index (χ3n) is 1.55. The quantitative estimate of drug-likeness (QED) is 0.487. The Morgan fingerprint density at radius 1 is 0.900 bits per heavy atom. The first kappa shape index (κ1) is 7.35. The van der Waals surface area contributed by atoms with Gasteiger partial charge in [-0.3, -0.25) is 0 Å². The van der Waals surface area contributed by atoms with Crippen molar-refractivity contribution in [1.29, 1.82) is 0 Å². The SMILES string of the molecule is CN(C)B1C=CC=CC=C1. The molecule has 1 nitrogen and oxygen atoms in total. The van der Waals surface area contributed by atoms with Gasteiger partial charge in [-0.2, -0.15) is 0 Å². The van der Waals surface area contributed by atoms with Gasteiger partial charge in [0.2, 0.25) is 0 Å². The van der Waals surface area contributed by atoms with Gasteiger partial charge < -0.3 is 4.81 Å². The normalized spacial score (nSPS) is 16.5. The summed E-state index contributed by atoms with van der Waals surface area (Å²) in [5, 5.41) is 0. The number of nitrogens with zero attached hydrogens (tertiary/aromatic N) is 1. The van der Waals surface area contributed by atoms with E-state index in [4.69, 9.17) is 0 Å². The van der Waals surface area contributed by atoms with Crippen molar-refractivity contribution in [3.63, 3.8) is 0 Å². The van der Waals surface area contributed by atoms with E-state index in [1.54, 1.807) is 0 Å². The van der Waals surface area contributed by atoms with Crippen LogP contribution in [-0.2, 0) is 0 Å². The molecular weight excluding hydrogens is 121 g/mol. The summed E-state index contributed by atoms with van der Waals surface area (Å²) >= 11 is 0. The van der Waals surface area contributed by atoms with Crippen LogP contribution in [-0.4, -0.2) is 25.8 Å². The molecule has 1 rings (SSSR count). The van der Waals surface area contributed by atoms with Crippen LogP contribution in [0.3, 0.4) is 0 Å². The second-order valence-electron chi connectivity index (χ2n) is 2.61. The molecule has 2 heteroatoms. The summed E-state index contributed by atoms with van der Waals surface area (Å²) in [5.74, 6) is 4.33. The maximum atomic E-state index is 2.17. The first-order valence-electron chi connectivity index (χ1n) is 3.49. The molecule has 0 aliphatic carbocycles. The van der Waals surface area contributed by atoms with Crippen LogP contribution in [0.2, 0.25) is 0 Å². The van der Waals surface area contributed by atoms with Crippen molar-refractivity contribution in [3.8, 4) is 0 Å². The van der Waals surface area contributed by atoms with Gasteiger partial charge in [0.25, 0.3) is 6.85 Å². The van der Waals surface area contributed by atoms with E-state index in [-0.39, 0.29) is 0 Å². The molecule has 0 spiro atoms. The van der Waals surface area contributed by atoms with Gasteiger partial charge in [-0.25, -0.2) is 0 Å². The fraction of sp³-hybridized carbons (Fsp3) is 0.250. The van der Waals surface area contributed by atoms with Crippen molar-refractivity contribution < 1.29 is 0 Å². The molecule has 0 aromatic rings. The summed E-state index contributed by atoms with van der Waals surface area (Å²) in [4.78, 5) is 2.17. The van der Waals surface area contributed by atoms with E-state index >= 15 is 0 Å². The predicted molar refractivity (Wildman–Crippen MR) is 46.9 cm³/mol. The van der Waals surface area contributed by atoms with Gasteiger partial charge in [-0.15, -0.1) is 0 Å². The van der Waals surface area contributed by atoms with E-state index in [0.717, 1.165) is 0 Å². The van der Waals surface area contributed by atoms with Crippen molar-refractivity contribution in [2.45, 2.75) is 0 Å². The zero-order valence-electron chi connectivity index (χ0n) is 6.49. The van der Waals surface area contributed by atoms with Gasteiger partial charge >= 0.3 is 0 Å². The summed E-state index contributed by atoms with van der Waals surface area (Å²) < 4.78 is 0. The molecule has 0 aromatic carbocycles. The second kappa shape index (κ2) is 3.42. The van der Waals surface area contributed by atoms with E-state index in [9.17, 15) is 0 Å². The predicted octanol–water partition coefficient (Wildman–Crippen LogP) is 1.30. The highest BCUT2D eigenvalue weighted by Gasteiger charge is 2.07. The Bertz CT molecular complexity index is 164. The van der Waals surface area contributed by atoms with Gasteiger partial charge in [0.1, 0.15) is 0 Å². The number of hydrogen-bond acceptors (Lipinski definition) is 1. The fourth-order valence-electron chi connectivity index (χ4n) is 0.893. The lowest BCUT2D eigenvalue weighted by atomic mass is 9.61. The summed E-state index contributed by atoms with van der Waals surface area (Å²) in [6, 6.07) is 0. The van der Waals surface area contributed by atoms with Crippen LogP contribution in [0.1, 0.15) is 0 Å². The Hall–Kier alpha value is -0.755. The molecule has 0 unspecified atom stereocenters. The minimum atomic E-state index is 0.454. The highest BCUT2D eigenvalue weighted by Crippen LogP contribution is 1.97. The van der Waals surface area contributed by atoms with Crippen LogP contribution < -0.4 is 0 Å². The van der Waals surface area contributed by atoms with E-state index in [1.807, 2.05) is 12.2 Å². The first-order chi connectivity index (χ1) is 4.80. The van der Waals surface area contributed by atoms with Crippen molar-refractivity contribution in [2.24, 2.45) is 0 Å². The minimum absolute atomic E-state index is 0.454. The second-order valence-corrected chi connectivity index (χ2v) is 2.61. The highest BCUT2D eigenvalue weighted by molar-refractivity contribution is 6.66. The zero-order valence-corrected chi connectivity index (χ0v) is 6.49. The average molecular weight is 133 g/mol. The topological polar surface area (TPSA) is 3.24 Å². The molecule has 0 saturated heterocycles. The molecular formula is C8H12BN. The van der Waals surface area contributed by atoms with Crippen molar-refractivity contribution in [2.75, 3.05) is 14.1 Å². The van der Waals surface area contributed by atoms with E-state index in [0.29, 0.717) is 6.85 Å². The molecule has 0 bridgehead atoms. The summed E-state index contributed by atoms with van der Waals surface area (Å²) in [7, 11) is 4.15. The van der Waals surface area contributed by atoms with Gasteiger partial charge in [0.05, 0.1) is 0 Å².